The maximum absolute atomic E-state index is 13.7. The lowest BCUT2D eigenvalue weighted by Crippen LogP contribution is -2.24. The van der Waals surface area contributed by atoms with Gasteiger partial charge in [-0.2, -0.15) is 0 Å². The van der Waals surface area contributed by atoms with Crippen LogP contribution in [0.1, 0.15) is 40.8 Å². The summed E-state index contributed by atoms with van der Waals surface area (Å²) in [6.07, 6.45) is 0. The molecule has 0 amide bonds. The number of hydrogen-bond donors (Lipinski definition) is 1. The lowest BCUT2D eigenvalue weighted by Gasteiger charge is -2.23. The molecule has 2 rings (SSSR count). The Morgan fingerprint density at radius 3 is 2.00 bits per heavy atom. The van der Waals surface area contributed by atoms with Crippen LogP contribution in [0.4, 0.5) is 8.78 Å². The van der Waals surface area contributed by atoms with E-state index in [1.54, 1.807) is 6.07 Å². The number of rotatable bonds is 4. The van der Waals surface area contributed by atoms with Gasteiger partial charge >= 0.3 is 0 Å². The van der Waals surface area contributed by atoms with Crippen molar-refractivity contribution in [2.75, 3.05) is 6.54 Å². The van der Waals surface area contributed by atoms with Gasteiger partial charge in [-0.1, -0.05) is 13.0 Å². The third-order valence-electron chi connectivity index (χ3n) is 3.65. The van der Waals surface area contributed by atoms with E-state index in [1.165, 1.54) is 18.2 Å². The molecule has 1 N–H and O–H groups in total. The summed E-state index contributed by atoms with van der Waals surface area (Å²) in [6.45, 7) is 8.41. The van der Waals surface area contributed by atoms with E-state index in [-0.39, 0.29) is 17.7 Å². The minimum Gasteiger partial charge on any atom is -0.307 e. The number of hydrogen-bond acceptors (Lipinski definition) is 1. The molecule has 3 heteroatoms. The van der Waals surface area contributed by atoms with Gasteiger partial charge in [0, 0.05) is 0 Å². The SMILES string of the molecule is CCNC(c1cc(C)cc(F)c1)c1c(C)cc(F)cc1C. The van der Waals surface area contributed by atoms with Crippen molar-refractivity contribution in [3.63, 3.8) is 0 Å². The molecular formula is C18H21F2N. The first-order valence-corrected chi connectivity index (χ1v) is 7.19. The molecule has 0 aromatic heterocycles. The van der Waals surface area contributed by atoms with E-state index in [9.17, 15) is 8.78 Å². The molecule has 0 spiro atoms. The highest BCUT2D eigenvalue weighted by Crippen LogP contribution is 2.29. The number of nitrogens with one attached hydrogen (secondary N) is 1. The Morgan fingerprint density at radius 2 is 1.48 bits per heavy atom. The molecule has 0 heterocycles. The van der Waals surface area contributed by atoms with Gasteiger partial charge in [-0.05, 0) is 79.4 Å². The Hall–Kier alpha value is -1.74. The van der Waals surface area contributed by atoms with E-state index >= 15 is 0 Å². The van der Waals surface area contributed by atoms with Gasteiger partial charge < -0.3 is 5.32 Å². The first kappa shape index (κ1) is 15.6. The number of benzene rings is 2. The van der Waals surface area contributed by atoms with Gasteiger partial charge in [-0.25, -0.2) is 8.78 Å². The molecule has 21 heavy (non-hydrogen) atoms. The van der Waals surface area contributed by atoms with Crippen molar-refractivity contribution in [1.29, 1.82) is 0 Å². The standard InChI is InChI=1S/C18H21F2N/c1-5-21-18(14-6-11(2)7-15(19)10-14)17-12(3)8-16(20)9-13(17)4/h6-10,18,21H,5H2,1-4H3. The molecule has 1 unspecified atom stereocenters. The topological polar surface area (TPSA) is 12.0 Å². The summed E-state index contributed by atoms with van der Waals surface area (Å²) >= 11 is 0. The van der Waals surface area contributed by atoms with Crippen LogP contribution in [-0.2, 0) is 0 Å². The summed E-state index contributed by atoms with van der Waals surface area (Å²) in [5, 5.41) is 3.38. The molecule has 0 aliphatic heterocycles. The monoisotopic (exact) mass is 289 g/mol. The predicted octanol–water partition coefficient (Wildman–Crippen LogP) is 4.59. The van der Waals surface area contributed by atoms with Crippen LogP contribution < -0.4 is 5.32 Å². The first-order valence-electron chi connectivity index (χ1n) is 7.19. The summed E-state index contributed by atoms with van der Waals surface area (Å²) in [4.78, 5) is 0. The van der Waals surface area contributed by atoms with Gasteiger partial charge in [0.1, 0.15) is 11.6 Å². The second-order valence-electron chi connectivity index (χ2n) is 5.51. The molecule has 1 atom stereocenters. The zero-order valence-corrected chi connectivity index (χ0v) is 12.9. The molecule has 0 bridgehead atoms. The fourth-order valence-electron chi connectivity index (χ4n) is 2.90. The largest absolute Gasteiger partial charge is 0.307 e. The van der Waals surface area contributed by atoms with Crippen molar-refractivity contribution in [2.24, 2.45) is 0 Å². The highest BCUT2D eigenvalue weighted by Gasteiger charge is 2.19. The van der Waals surface area contributed by atoms with E-state index in [1.807, 2.05) is 33.8 Å². The van der Waals surface area contributed by atoms with Gasteiger partial charge in [0.15, 0.2) is 0 Å². The average Bonchev–Trinajstić information content (AvgIpc) is 2.35. The lowest BCUT2D eigenvalue weighted by molar-refractivity contribution is 0.593. The van der Waals surface area contributed by atoms with Crippen molar-refractivity contribution < 1.29 is 8.78 Å². The van der Waals surface area contributed by atoms with Gasteiger partial charge in [-0.15, -0.1) is 0 Å². The van der Waals surface area contributed by atoms with Crippen LogP contribution >= 0.6 is 0 Å². The normalized spacial score (nSPS) is 12.5. The van der Waals surface area contributed by atoms with Crippen molar-refractivity contribution in [1.82, 2.24) is 5.32 Å². The smallest absolute Gasteiger partial charge is 0.123 e. The van der Waals surface area contributed by atoms with E-state index in [4.69, 9.17) is 0 Å². The number of aryl methyl sites for hydroxylation is 3. The summed E-state index contributed by atoms with van der Waals surface area (Å²) in [6, 6.07) is 7.94. The molecular weight excluding hydrogens is 268 g/mol. The molecule has 1 nitrogen and oxygen atoms in total. The Kier molecular flexibility index (Phi) is 4.73. The molecule has 0 radical (unpaired) electrons. The minimum atomic E-state index is -0.245. The molecule has 112 valence electrons. The first-order chi connectivity index (χ1) is 9.92. The van der Waals surface area contributed by atoms with Crippen LogP contribution in [0.2, 0.25) is 0 Å². The highest BCUT2D eigenvalue weighted by atomic mass is 19.1. The van der Waals surface area contributed by atoms with E-state index in [0.717, 1.165) is 34.4 Å². The molecule has 0 saturated carbocycles. The van der Waals surface area contributed by atoms with Gasteiger partial charge in [0.25, 0.3) is 0 Å². The van der Waals surface area contributed by atoms with Crippen molar-refractivity contribution in [3.8, 4) is 0 Å². The van der Waals surface area contributed by atoms with Crippen LogP contribution in [0.3, 0.4) is 0 Å². The van der Waals surface area contributed by atoms with E-state index < -0.39 is 0 Å². The van der Waals surface area contributed by atoms with E-state index in [2.05, 4.69) is 5.32 Å². The zero-order chi connectivity index (χ0) is 15.6. The van der Waals surface area contributed by atoms with Gasteiger partial charge in [0.05, 0.1) is 6.04 Å². The quantitative estimate of drug-likeness (QED) is 0.868. The average molecular weight is 289 g/mol. The zero-order valence-electron chi connectivity index (χ0n) is 12.9. The fourth-order valence-corrected chi connectivity index (χ4v) is 2.90. The fraction of sp³-hybridized carbons (Fsp3) is 0.333. The molecule has 2 aromatic carbocycles. The maximum atomic E-state index is 13.7. The van der Waals surface area contributed by atoms with Crippen LogP contribution in [-0.4, -0.2) is 6.54 Å². The molecule has 0 fully saturated rings. The third kappa shape index (κ3) is 3.48. The second-order valence-corrected chi connectivity index (χ2v) is 5.51. The third-order valence-corrected chi connectivity index (χ3v) is 3.65. The molecule has 2 aromatic rings. The van der Waals surface area contributed by atoms with Crippen molar-refractivity contribution in [3.05, 3.63) is 69.8 Å². The number of halogens is 2. The molecule has 0 aliphatic rings. The van der Waals surface area contributed by atoms with Crippen LogP contribution in [0, 0.1) is 32.4 Å². The predicted molar refractivity (Wildman–Crippen MR) is 82.5 cm³/mol. The summed E-state index contributed by atoms with van der Waals surface area (Å²) in [5.74, 6) is -0.482. The van der Waals surface area contributed by atoms with Gasteiger partial charge in [-0.3, -0.25) is 0 Å². The summed E-state index contributed by atoms with van der Waals surface area (Å²) in [5.41, 5.74) is 4.52. The van der Waals surface area contributed by atoms with Gasteiger partial charge in [0.2, 0.25) is 0 Å². The Labute approximate surface area is 125 Å². The van der Waals surface area contributed by atoms with Crippen LogP contribution in [0.25, 0.3) is 0 Å². The Balaban J connectivity index is 2.58. The van der Waals surface area contributed by atoms with Crippen molar-refractivity contribution in [2.45, 2.75) is 33.7 Å². The molecule has 0 aliphatic carbocycles. The second kappa shape index (κ2) is 6.35. The molecule has 0 saturated heterocycles. The highest BCUT2D eigenvalue weighted by molar-refractivity contribution is 5.43. The lowest BCUT2D eigenvalue weighted by atomic mass is 9.90. The van der Waals surface area contributed by atoms with Crippen LogP contribution in [0.5, 0.6) is 0 Å². The van der Waals surface area contributed by atoms with E-state index in [0.29, 0.717) is 0 Å². The maximum Gasteiger partial charge on any atom is 0.123 e. The summed E-state index contributed by atoms with van der Waals surface area (Å²) < 4.78 is 27.2. The Morgan fingerprint density at radius 1 is 0.905 bits per heavy atom. The Bertz CT molecular complexity index is 606. The van der Waals surface area contributed by atoms with Crippen LogP contribution in [0.15, 0.2) is 30.3 Å². The van der Waals surface area contributed by atoms with Crippen molar-refractivity contribution >= 4 is 0 Å². The summed E-state index contributed by atoms with van der Waals surface area (Å²) in [7, 11) is 0. The minimum absolute atomic E-state index is 0.134.